The monoisotopic (exact) mass is 325 g/mol. The first-order chi connectivity index (χ1) is 10.2. The molecule has 1 fully saturated rings. The Morgan fingerprint density at radius 3 is 3.00 bits per heavy atom. The van der Waals surface area contributed by atoms with Crippen LogP contribution < -0.4 is 10.5 Å². The first kappa shape index (κ1) is 14.5. The molecule has 1 aliphatic heterocycles. The average Bonchev–Trinajstić information content (AvgIpc) is 3.00. The second-order valence-electron chi connectivity index (χ2n) is 4.89. The standard InChI is InChI=1S/C14H16ClN3O2S/c1-19-11-7-10(16)9(15)6-8(11)14-17-13(18-20-14)12-4-2-3-5-21-12/h6-7,12H,2-5,16H2,1H3. The molecule has 21 heavy (non-hydrogen) atoms. The Hall–Kier alpha value is -1.40. The van der Waals surface area contributed by atoms with Gasteiger partial charge in [0.1, 0.15) is 5.75 Å². The van der Waals surface area contributed by atoms with Crippen LogP contribution in [-0.2, 0) is 0 Å². The van der Waals surface area contributed by atoms with Crippen LogP contribution in [0.3, 0.4) is 0 Å². The van der Waals surface area contributed by atoms with Crippen LogP contribution in [0.4, 0.5) is 5.69 Å². The lowest BCUT2D eigenvalue weighted by Gasteiger charge is -2.17. The summed E-state index contributed by atoms with van der Waals surface area (Å²) < 4.78 is 10.7. The van der Waals surface area contributed by atoms with E-state index in [1.807, 2.05) is 11.8 Å². The third kappa shape index (κ3) is 2.96. The van der Waals surface area contributed by atoms with E-state index in [2.05, 4.69) is 10.1 Å². The van der Waals surface area contributed by atoms with Crippen molar-refractivity contribution >= 4 is 29.1 Å². The zero-order valence-electron chi connectivity index (χ0n) is 11.6. The van der Waals surface area contributed by atoms with Gasteiger partial charge in [-0.05, 0) is 24.7 Å². The number of thioether (sulfide) groups is 1. The summed E-state index contributed by atoms with van der Waals surface area (Å²) in [7, 11) is 1.57. The summed E-state index contributed by atoms with van der Waals surface area (Å²) in [6.07, 6.45) is 3.55. The topological polar surface area (TPSA) is 74.2 Å². The summed E-state index contributed by atoms with van der Waals surface area (Å²) in [5.41, 5.74) is 6.90. The van der Waals surface area contributed by atoms with Gasteiger partial charge in [-0.25, -0.2) is 0 Å². The first-order valence-corrected chi connectivity index (χ1v) is 8.20. The van der Waals surface area contributed by atoms with Crippen molar-refractivity contribution in [1.29, 1.82) is 0 Å². The van der Waals surface area contributed by atoms with Crippen molar-refractivity contribution in [2.24, 2.45) is 0 Å². The lowest BCUT2D eigenvalue weighted by atomic mass is 10.1. The van der Waals surface area contributed by atoms with E-state index >= 15 is 0 Å². The number of benzene rings is 1. The second kappa shape index (κ2) is 6.15. The first-order valence-electron chi connectivity index (χ1n) is 6.77. The molecule has 1 aromatic heterocycles. The molecule has 1 saturated heterocycles. The Morgan fingerprint density at radius 2 is 2.29 bits per heavy atom. The molecular weight excluding hydrogens is 310 g/mol. The summed E-state index contributed by atoms with van der Waals surface area (Å²) >= 11 is 7.95. The molecule has 5 nitrogen and oxygen atoms in total. The van der Waals surface area contributed by atoms with Gasteiger partial charge in [0, 0.05) is 6.07 Å². The zero-order chi connectivity index (χ0) is 14.8. The van der Waals surface area contributed by atoms with Crippen LogP contribution in [0.1, 0.15) is 30.3 Å². The van der Waals surface area contributed by atoms with E-state index in [-0.39, 0.29) is 0 Å². The largest absolute Gasteiger partial charge is 0.496 e. The predicted octanol–water partition coefficient (Wildman–Crippen LogP) is 3.94. The Morgan fingerprint density at radius 1 is 1.43 bits per heavy atom. The van der Waals surface area contributed by atoms with E-state index in [1.165, 1.54) is 12.8 Å². The number of hydrogen-bond donors (Lipinski definition) is 1. The number of ether oxygens (including phenoxy) is 1. The lowest BCUT2D eigenvalue weighted by molar-refractivity contribution is 0.402. The van der Waals surface area contributed by atoms with Crippen LogP contribution in [0.15, 0.2) is 16.7 Å². The molecule has 0 bridgehead atoms. The molecule has 2 aromatic rings. The molecule has 1 unspecified atom stereocenters. The number of nitrogens with two attached hydrogens (primary N) is 1. The van der Waals surface area contributed by atoms with Crippen molar-refractivity contribution in [3.05, 3.63) is 23.0 Å². The maximum atomic E-state index is 6.07. The fraction of sp³-hybridized carbons (Fsp3) is 0.429. The Labute approximate surface area is 132 Å². The van der Waals surface area contributed by atoms with E-state index in [1.54, 1.807) is 19.2 Å². The van der Waals surface area contributed by atoms with Gasteiger partial charge in [-0.1, -0.05) is 23.2 Å². The van der Waals surface area contributed by atoms with Gasteiger partial charge in [0.2, 0.25) is 0 Å². The molecule has 0 aliphatic carbocycles. The molecule has 1 aromatic carbocycles. The lowest BCUT2D eigenvalue weighted by Crippen LogP contribution is -2.03. The minimum absolute atomic E-state index is 0.312. The van der Waals surface area contributed by atoms with Gasteiger partial charge < -0.3 is 15.0 Å². The second-order valence-corrected chi connectivity index (χ2v) is 6.60. The summed E-state index contributed by atoms with van der Waals surface area (Å²) in [5.74, 6) is 2.87. The van der Waals surface area contributed by atoms with Crippen LogP contribution >= 0.6 is 23.4 Å². The molecule has 0 amide bonds. The van der Waals surface area contributed by atoms with Gasteiger partial charge in [0.25, 0.3) is 5.89 Å². The highest BCUT2D eigenvalue weighted by Crippen LogP contribution is 2.39. The SMILES string of the molecule is COc1cc(N)c(Cl)cc1-c1nc(C2CCCCS2)no1. The Bertz CT molecular complexity index is 641. The third-order valence-corrected chi connectivity index (χ3v) is 5.16. The molecule has 0 saturated carbocycles. The summed E-state index contributed by atoms with van der Waals surface area (Å²) in [5, 5.41) is 4.86. The van der Waals surface area contributed by atoms with Gasteiger partial charge >= 0.3 is 0 Å². The van der Waals surface area contributed by atoms with Crippen molar-refractivity contribution < 1.29 is 9.26 Å². The van der Waals surface area contributed by atoms with E-state index in [9.17, 15) is 0 Å². The van der Waals surface area contributed by atoms with Crippen molar-refractivity contribution in [3.8, 4) is 17.2 Å². The zero-order valence-corrected chi connectivity index (χ0v) is 13.2. The van der Waals surface area contributed by atoms with E-state index in [0.29, 0.717) is 33.2 Å². The fourth-order valence-corrected chi connectivity index (χ4v) is 3.72. The quantitative estimate of drug-likeness (QED) is 0.861. The maximum absolute atomic E-state index is 6.07. The maximum Gasteiger partial charge on any atom is 0.261 e. The Kier molecular flexibility index (Phi) is 4.26. The minimum atomic E-state index is 0.312. The molecule has 2 heterocycles. The highest BCUT2D eigenvalue weighted by atomic mass is 35.5. The normalized spacial score (nSPS) is 18.7. The smallest absolute Gasteiger partial charge is 0.261 e. The van der Waals surface area contributed by atoms with E-state index in [0.717, 1.165) is 18.0 Å². The number of nitrogen functional groups attached to an aromatic ring is 1. The van der Waals surface area contributed by atoms with E-state index in [4.69, 9.17) is 26.6 Å². The van der Waals surface area contributed by atoms with Crippen molar-refractivity contribution in [1.82, 2.24) is 10.1 Å². The fourth-order valence-electron chi connectivity index (χ4n) is 2.32. The molecule has 0 spiro atoms. The number of rotatable bonds is 3. The van der Waals surface area contributed by atoms with Gasteiger partial charge in [-0.15, -0.1) is 0 Å². The predicted molar refractivity (Wildman–Crippen MR) is 84.8 cm³/mol. The van der Waals surface area contributed by atoms with E-state index < -0.39 is 0 Å². The molecule has 1 aliphatic rings. The molecule has 112 valence electrons. The highest BCUT2D eigenvalue weighted by molar-refractivity contribution is 7.99. The van der Waals surface area contributed by atoms with Crippen LogP contribution in [0.5, 0.6) is 5.75 Å². The number of hydrogen-bond acceptors (Lipinski definition) is 6. The van der Waals surface area contributed by atoms with Gasteiger partial charge in [-0.3, -0.25) is 0 Å². The van der Waals surface area contributed by atoms with Crippen LogP contribution in [0, 0.1) is 0 Å². The number of methoxy groups -OCH3 is 1. The van der Waals surface area contributed by atoms with Gasteiger partial charge in [-0.2, -0.15) is 16.7 Å². The van der Waals surface area contributed by atoms with Crippen LogP contribution in [0.25, 0.3) is 11.5 Å². The number of nitrogens with zero attached hydrogens (tertiary/aromatic N) is 2. The summed E-state index contributed by atoms with van der Waals surface area (Å²) in [4.78, 5) is 4.51. The third-order valence-electron chi connectivity index (χ3n) is 3.46. The molecule has 0 radical (unpaired) electrons. The number of halogens is 1. The minimum Gasteiger partial charge on any atom is -0.496 e. The van der Waals surface area contributed by atoms with Crippen molar-refractivity contribution in [2.45, 2.75) is 24.5 Å². The molecular formula is C14H16ClN3O2S. The van der Waals surface area contributed by atoms with Gasteiger partial charge in [0.05, 0.1) is 28.6 Å². The molecule has 7 heteroatoms. The summed E-state index contributed by atoms with van der Waals surface area (Å²) in [6.45, 7) is 0. The van der Waals surface area contributed by atoms with Crippen molar-refractivity contribution in [2.75, 3.05) is 18.6 Å². The number of aromatic nitrogens is 2. The van der Waals surface area contributed by atoms with Crippen LogP contribution in [0.2, 0.25) is 5.02 Å². The molecule has 1 atom stereocenters. The summed E-state index contributed by atoms with van der Waals surface area (Å²) in [6, 6.07) is 3.36. The van der Waals surface area contributed by atoms with Crippen LogP contribution in [-0.4, -0.2) is 23.0 Å². The van der Waals surface area contributed by atoms with Gasteiger partial charge in [0.15, 0.2) is 5.82 Å². The Balaban J connectivity index is 1.94. The highest BCUT2D eigenvalue weighted by Gasteiger charge is 2.23. The van der Waals surface area contributed by atoms with Crippen molar-refractivity contribution in [3.63, 3.8) is 0 Å². The number of anilines is 1. The average molecular weight is 326 g/mol. The molecule has 2 N–H and O–H groups in total. The molecule has 3 rings (SSSR count).